The van der Waals surface area contributed by atoms with E-state index in [9.17, 15) is 5.11 Å². The van der Waals surface area contributed by atoms with Crippen molar-refractivity contribution in [3.63, 3.8) is 0 Å². The van der Waals surface area contributed by atoms with Gasteiger partial charge in [0, 0.05) is 19.0 Å². The Morgan fingerprint density at radius 3 is 2.70 bits per heavy atom. The van der Waals surface area contributed by atoms with Gasteiger partial charge in [-0.3, -0.25) is 0 Å². The van der Waals surface area contributed by atoms with Crippen molar-refractivity contribution in [1.29, 1.82) is 0 Å². The number of hydrogen-bond acceptors (Lipinski definition) is 4. The zero-order valence-corrected chi connectivity index (χ0v) is 14.8. The van der Waals surface area contributed by atoms with Gasteiger partial charge in [0.05, 0.1) is 19.3 Å². The largest absolute Gasteiger partial charge is 0.490 e. The fraction of sp³-hybridized carbons (Fsp3) is 0.684. The Bertz CT molecular complexity index is 478. The van der Waals surface area contributed by atoms with Gasteiger partial charge in [0.25, 0.3) is 0 Å². The smallest absolute Gasteiger partial charge is 0.161 e. The third-order valence-electron chi connectivity index (χ3n) is 4.49. The molecular formula is C19H31NO3. The highest BCUT2D eigenvalue weighted by Gasteiger charge is 2.27. The molecule has 2 rings (SSSR count). The monoisotopic (exact) mass is 321 g/mol. The number of benzene rings is 1. The van der Waals surface area contributed by atoms with E-state index in [-0.39, 0.29) is 6.10 Å². The van der Waals surface area contributed by atoms with E-state index in [0.29, 0.717) is 19.1 Å². The van der Waals surface area contributed by atoms with Gasteiger partial charge in [0.15, 0.2) is 11.5 Å². The number of piperidine rings is 1. The number of hydrogen-bond donors (Lipinski definition) is 1. The molecule has 130 valence electrons. The summed E-state index contributed by atoms with van der Waals surface area (Å²) in [6, 6.07) is 6.18. The van der Waals surface area contributed by atoms with Crippen molar-refractivity contribution in [3.05, 3.63) is 23.8 Å². The molecule has 0 aromatic heterocycles. The quantitative estimate of drug-likeness (QED) is 0.799. The molecule has 0 aliphatic carbocycles. The Morgan fingerprint density at radius 1 is 1.17 bits per heavy atom. The van der Waals surface area contributed by atoms with Crippen molar-refractivity contribution in [3.8, 4) is 11.5 Å². The number of nitrogens with zero attached hydrogens (tertiary/aromatic N) is 1. The van der Waals surface area contributed by atoms with Gasteiger partial charge in [-0.2, -0.15) is 0 Å². The van der Waals surface area contributed by atoms with Gasteiger partial charge in [0.1, 0.15) is 0 Å². The van der Waals surface area contributed by atoms with Crippen LogP contribution in [0.2, 0.25) is 0 Å². The molecule has 2 atom stereocenters. The third kappa shape index (κ3) is 5.11. The molecular weight excluding hydrogens is 290 g/mol. The molecule has 0 spiro atoms. The van der Waals surface area contributed by atoms with Crippen LogP contribution in [0.1, 0.15) is 39.2 Å². The molecule has 1 aromatic rings. The normalized spacial score (nSPS) is 22.1. The molecule has 0 radical (unpaired) electrons. The molecule has 0 bridgehead atoms. The average Bonchev–Trinajstić information content (AvgIpc) is 2.56. The summed E-state index contributed by atoms with van der Waals surface area (Å²) in [5.74, 6) is 1.92. The maximum absolute atomic E-state index is 10.3. The Hall–Kier alpha value is -1.26. The third-order valence-corrected chi connectivity index (χ3v) is 4.49. The minimum atomic E-state index is -0.204. The van der Waals surface area contributed by atoms with Gasteiger partial charge in [-0.15, -0.1) is 0 Å². The van der Waals surface area contributed by atoms with Crippen molar-refractivity contribution in [2.45, 2.75) is 46.1 Å². The van der Waals surface area contributed by atoms with Crippen LogP contribution in [0.4, 0.5) is 0 Å². The molecule has 2 unspecified atom stereocenters. The standard InChI is InChI=1S/C19H31NO3/c1-4-11-23-18-8-7-15(13-19(18)22-6-3)12-16-14-20(5-2)10-9-17(16)21/h7-8,13,16-17,21H,4-6,9-12,14H2,1-3H3. The molecule has 1 aliphatic heterocycles. The van der Waals surface area contributed by atoms with Crippen LogP contribution in [0.3, 0.4) is 0 Å². The Morgan fingerprint density at radius 2 is 2.00 bits per heavy atom. The molecule has 1 fully saturated rings. The molecule has 1 aromatic carbocycles. The average molecular weight is 321 g/mol. The van der Waals surface area contributed by atoms with Crippen LogP contribution in [-0.4, -0.2) is 49.0 Å². The highest BCUT2D eigenvalue weighted by molar-refractivity contribution is 5.43. The van der Waals surface area contributed by atoms with Crippen molar-refractivity contribution in [2.24, 2.45) is 5.92 Å². The summed E-state index contributed by atoms with van der Waals surface area (Å²) in [7, 11) is 0. The number of rotatable bonds is 8. The molecule has 1 saturated heterocycles. The lowest BCUT2D eigenvalue weighted by molar-refractivity contribution is 0.0290. The summed E-state index contributed by atoms with van der Waals surface area (Å²) in [5.41, 5.74) is 1.21. The van der Waals surface area contributed by atoms with Gasteiger partial charge < -0.3 is 19.5 Å². The maximum atomic E-state index is 10.3. The fourth-order valence-corrected chi connectivity index (χ4v) is 3.16. The molecule has 1 N–H and O–H groups in total. The molecule has 1 aliphatic rings. The lowest BCUT2D eigenvalue weighted by Gasteiger charge is -2.35. The van der Waals surface area contributed by atoms with Crippen LogP contribution in [0, 0.1) is 5.92 Å². The van der Waals surface area contributed by atoms with Crippen LogP contribution in [0.15, 0.2) is 18.2 Å². The Balaban J connectivity index is 2.07. The first-order chi connectivity index (χ1) is 11.2. The summed E-state index contributed by atoms with van der Waals surface area (Å²) in [6.07, 6.45) is 2.53. The van der Waals surface area contributed by atoms with E-state index in [4.69, 9.17) is 9.47 Å². The maximum Gasteiger partial charge on any atom is 0.161 e. The second-order valence-corrected chi connectivity index (χ2v) is 6.28. The summed E-state index contributed by atoms with van der Waals surface area (Å²) in [6.45, 7) is 10.6. The van der Waals surface area contributed by atoms with Crippen LogP contribution in [0.5, 0.6) is 11.5 Å². The second kappa shape index (κ2) is 9.14. The second-order valence-electron chi connectivity index (χ2n) is 6.28. The Labute approximate surface area is 140 Å². The van der Waals surface area contributed by atoms with E-state index in [1.54, 1.807) is 0 Å². The summed E-state index contributed by atoms with van der Waals surface area (Å²) in [5, 5.41) is 10.3. The van der Waals surface area contributed by atoms with E-state index >= 15 is 0 Å². The van der Waals surface area contributed by atoms with Crippen LogP contribution >= 0.6 is 0 Å². The lowest BCUT2D eigenvalue weighted by atomic mass is 9.88. The van der Waals surface area contributed by atoms with E-state index in [2.05, 4.69) is 30.9 Å². The first kappa shape index (κ1) is 18.1. The SMILES string of the molecule is CCCOc1ccc(CC2CN(CC)CCC2O)cc1OCC. The molecule has 23 heavy (non-hydrogen) atoms. The van der Waals surface area contributed by atoms with Crippen molar-refractivity contribution in [1.82, 2.24) is 4.90 Å². The predicted molar refractivity (Wildman–Crippen MR) is 93.3 cm³/mol. The van der Waals surface area contributed by atoms with Gasteiger partial charge >= 0.3 is 0 Å². The number of aliphatic hydroxyl groups is 1. The summed E-state index contributed by atoms with van der Waals surface area (Å²) < 4.78 is 11.5. The van der Waals surface area contributed by atoms with Crippen molar-refractivity contribution in [2.75, 3.05) is 32.8 Å². The van der Waals surface area contributed by atoms with Crippen LogP contribution in [-0.2, 0) is 6.42 Å². The first-order valence-corrected chi connectivity index (χ1v) is 8.96. The van der Waals surface area contributed by atoms with Gasteiger partial charge in [-0.05, 0) is 50.4 Å². The van der Waals surface area contributed by atoms with Crippen molar-refractivity contribution >= 4 is 0 Å². The minimum absolute atomic E-state index is 0.204. The van der Waals surface area contributed by atoms with Gasteiger partial charge in [0.2, 0.25) is 0 Å². The number of likely N-dealkylation sites (tertiary alicyclic amines) is 1. The minimum Gasteiger partial charge on any atom is -0.490 e. The number of aliphatic hydroxyl groups excluding tert-OH is 1. The molecule has 4 nitrogen and oxygen atoms in total. The molecule has 0 amide bonds. The van der Waals surface area contributed by atoms with Crippen molar-refractivity contribution < 1.29 is 14.6 Å². The summed E-state index contributed by atoms with van der Waals surface area (Å²) >= 11 is 0. The topological polar surface area (TPSA) is 41.9 Å². The van der Waals surface area contributed by atoms with Crippen LogP contribution in [0.25, 0.3) is 0 Å². The van der Waals surface area contributed by atoms with E-state index < -0.39 is 0 Å². The van der Waals surface area contributed by atoms with Gasteiger partial charge in [-0.1, -0.05) is 19.9 Å². The Kier molecular flexibility index (Phi) is 7.18. The van der Waals surface area contributed by atoms with E-state index in [1.165, 1.54) is 5.56 Å². The van der Waals surface area contributed by atoms with Crippen LogP contribution < -0.4 is 9.47 Å². The van der Waals surface area contributed by atoms with Gasteiger partial charge in [-0.25, -0.2) is 0 Å². The zero-order valence-electron chi connectivity index (χ0n) is 14.8. The highest BCUT2D eigenvalue weighted by Crippen LogP contribution is 2.31. The number of ether oxygens (including phenoxy) is 2. The zero-order chi connectivity index (χ0) is 16.7. The molecule has 0 saturated carbocycles. The highest BCUT2D eigenvalue weighted by atomic mass is 16.5. The van der Waals surface area contributed by atoms with E-state index in [1.807, 2.05) is 13.0 Å². The predicted octanol–water partition coefficient (Wildman–Crippen LogP) is 3.12. The van der Waals surface area contributed by atoms with E-state index in [0.717, 1.165) is 50.4 Å². The molecule has 1 heterocycles. The molecule has 4 heteroatoms. The summed E-state index contributed by atoms with van der Waals surface area (Å²) in [4.78, 5) is 2.42. The fourth-order valence-electron chi connectivity index (χ4n) is 3.16. The lowest BCUT2D eigenvalue weighted by Crippen LogP contribution is -2.43. The first-order valence-electron chi connectivity index (χ1n) is 8.96.